The van der Waals surface area contributed by atoms with Crippen LogP contribution in [0, 0.1) is 0 Å². The van der Waals surface area contributed by atoms with Crippen LogP contribution in [0.25, 0.3) is 0 Å². The zero-order chi connectivity index (χ0) is 10.7. The molecule has 0 bridgehead atoms. The molecule has 0 unspecified atom stereocenters. The molecular formula is C10H10Cl2O2. The Kier molecular flexibility index (Phi) is 3.78. The molecule has 0 fully saturated rings. The van der Waals surface area contributed by atoms with Crippen LogP contribution in [-0.2, 0) is 0 Å². The number of hydrogen-bond acceptors (Lipinski definition) is 2. The fourth-order valence-corrected chi connectivity index (χ4v) is 1.64. The maximum Gasteiger partial charge on any atom is 0.165 e. The van der Waals surface area contributed by atoms with Crippen LogP contribution in [0.15, 0.2) is 12.1 Å². The molecule has 0 atom stereocenters. The van der Waals surface area contributed by atoms with Gasteiger partial charge in [0.1, 0.15) is 5.75 Å². The highest BCUT2D eigenvalue weighted by Gasteiger charge is 2.16. The molecule has 0 aromatic heterocycles. The van der Waals surface area contributed by atoms with Crippen LogP contribution in [0.4, 0.5) is 0 Å². The Morgan fingerprint density at radius 3 is 2.43 bits per heavy atom. The van der Waals surface area contributed by atoms with Crippen LogP contribution in [0.3, 0.4) is 0 Å². The van der Waals surface area contributed by atoms with Crippen molar-refractivity contribution in [1.29, 1.82) is 0 Å². The molecule has 0 amide bonds. The van der Waals surface area contributed by atoms with Crippen molar-refractivity contribution in [2.75, 3.05) is 6.61 Å². The van der Waals surface area contributed by atoms with Gasteiger partial charge in [0, 0.05) is 0 Å². The molecule has 2 nitrogen and oxygen atoms in total. The summed E-state index contributed by atoms with van der Waals surface area (Å²) in [5, 5.41) is 0.770. The van der Waals surface area contributed by atoms with Crippen molar-refractivity contribution < 1.29 is 9.53 Å². The zero-order valence-corrected chi connectivity index (χ0v) is 9.45. The molecule has 0 N–H and O–H groups in total. The first-order valence-electron chi connectivity index (χ1n) is 4.19. The maximum atomic E-state index is 11.3. The third-order valence-electron chi connectivity index (χ3n) is 1.70. The molecule has 0 aliphatic heterocycles. The second-order valence-corrected chi connectivity index (χ2v) is 3.54. The van der Waals surface area contributed by atoms with E-state index in [0.29, 0.717) is 28.0 Å². The summed E-state index contributed by atoms with van der Waals surface area (Å²) in [5.41, 5.74) is 0.348. The van der Waals surface area contributed by atoms with Gasteiger partial charge in [0.25, 0.3) is 0 Å². The largest absolute Gasteiger partial charge is 0.491 e. The minimum absolute atomic E-state index is 0.152. The van der Waals surface area contributed by atoms with Crippen LogP contribution >= 0.6 is 23.2 Å². The van der Waals surface area contributed by atoms with Gasteiger partial charge in [-0.25, -0.2) is 0 Å². The predicted molar refractivity (Wildman–Crippen MR) is 57.6 cm³/mol. The first-order chi connectivity index (χ1) is 6.57. The van der Waals surface area contributed by atoms with Gasteiger partial charge in [-0.2, -0.15) is 0 Å². The van der Waals surface area contributed by atoms with Crippen molar-refractivity contribution in [2.45, 2.75) is 13.8 Å². The predicted octanol–water partition coefficient (Wildman–Crippen LogP) is 3.59. The van der Waals surface area contributed by atoms with Gasteiger partial charge in [-0.05, 0) is 26.0 Å². The summed E-state index contributed by atoms with van der Waals surface area (Å²) in [6.07, 6.45) is 0. The minimum atomic E-state index is -0.152. The Morgan fingerprint density at radius 1 is 1.36 bits per heavy atom. The highest BCUT2D eigenvalue weighted by Crippen LogP contribution is 2.34. The van der Waals surface area contributed by atoms with Gasteiger partial charge in [-0.3, -0.25) is 4.79 Å². The summed E-state index contributed by atoms with van der Waals surface area (Å²) in [6, 6.07) is 3.20. The summed E-state index contributed by atoms with van der Waals surface area (Å²) in [7, 11) is 0. The molecular weight excluding hydrogens is 223 g/mol. The third kappa shape index (κ3) is 2.20. The number of rotatable bonds is 3. The molecule has 0 aliphatic carbocycles. The molecule has 0 radical (unpaired) electrons. The molecule has 0 saturated carbocycles. The van der Waals surface area contributed by atoms with Crippen molar-refractivity contribution >= 4 is 29.0 Å². The fourth-order valence-electron chi connectivity index (χ4n) is 1.15. The Labute approximate surface area is 92.8 Å². The van der Waals surface area contributed by atoms with Crippen molar-refractivity contribution in [3.05, 3.63) is 27.7 Å². The van der Waals surface area contributed by atoms with Crippen LogP contribution in [0.1, 0.15) is 24.2 Å². The lowest BCUT2D eigenvalue weighted by Crippen LogP contribution is -2.02. The van der Waals surface area contributed by atoms with E-state index in [-0.39, 0.29) is 5.78 Å². The SMILES string of the molecule is CCOc1c(Cl)ccc(Cl)c1C(C)=O. The second-order valence-electron chi connectivity index (χ2n) is 2.72. The van der Waals surface area contributed by atoms with E-state index in [1.165, 1.54) is 6.92 Å². The van der Waals surface area contributed by atoms with Crippen LogP contribution in [0.5, 0.6) is 5.75 Å². The lowest BCUT2D eigenvalue weighted by atomic mass is 10.1. The Bertz CT molecular complexity index is 361. The number of benzene rings is 1. The number of ketones is 1. The average molecular weight is 233 g/mol. The molecule has 0 heterocycles. The number of Topliss-reactive ketones (excluding diaryl/α,β-unsaturated/α-hetero) is 1. The molecule has 14 heavy (non-hydrogen) atoms. The van der Waals surface area contributed by atoms with E-state index in [1.807, 2.05) is 6.92 Å². The number of halogens is 2. The zero-order valence-electron chi connectivity index (χ0n) is 7.93. The number of carbonyl (C=O) groups is 1. The molecule has 1 rings (SSSR count). The molecule has 4 heteroatoms. The molecule has 1 aromatic rings. The standard InChI is InChI=1S/C10H10Cl2O2/c1-3-14-10-8(12)5-4-7(11)9(10)6(2)13/h4-5H,3H2,1-2H3. The van der Waals surface area contributed by atoms with Crippen molar-refractivity contribution in [3.63, 3.8) is 0 Å². The van der Waals surface area contributed by atoms with Crippen molar-refractivity contribution in [1.82, 2.24) is 0 Å². The van der Waals surface area contributed by atoms with E-state index in [1.54, 1.807) is 12.1 Å². The first-order valence-corrected chi connectivity index (χ1v) is 4.95. The third-order valence-corrected chi connectivity index (χ3v) is 2.31. The molecule has 76 valence electrons. The van der Waals surface area contributed by atoms with Crippen molar-refractivity contribution in [2.24, 2.45) is 0 Å². The Hall–Kier alpha value is -0.730. The molecule has 0 aliphatic rings. The van der Waals surface area contributed by atoms with E-state index in [4.69, 9.17) is 27.9 Å². The molecule has 0 spiro atoms. The average Bonchev–Trinajstić information content (AvgIpc) is 2.11. The highest BCUT2D eigenvalue weighted by atomic mass is 35.5. The van der Waals surface area contributed by atoms with E-state index in [2.05, 4.69) is 0 Å². The monoisotopic (exact) mass is 232 g/mol. The highest BCUT2D eigenvalue weighted by molar-refractivity contribution is 6.37. The fraction of sp³-hybridized carbons (Fsp3) is 0.300. The number of ether oxygens (including phenoxy) is 1. The smallest absolute Gasteiger partial charge is 0.165 e. The van der Waals surface area contributed by atoms with Gasteiger partial charge in [0.2, 0.25) is 0 Å². The quantitative estimate of drug-likeness (QED) is 0.745. The summed E-state index contributed by atoms with van der Waals surface area (Å²) >= 11 is 11.8. The van der Waals surface area contributed by atoms with E-state index >= 15 is 0 Å². The Balaban J connectivity index is 3.33. The normalized spacial score (nSPS) is 10.0. The minimum Gasteiger partial charge on any atom is -0.491 e. The van der Waals surface area contributed by atoms with Gasteiger partial charge < -0.3 is 4.74 Å². The van der Waals surface area contributed by atoms with Crippen LogP contribution in [-0.4, -0.2) is 12.4 Å². The van der Waals surface area contributed by atoms with Crippen LogP contribution in [0.2, 0.25) is 10.0 Å². The van der Waals surface area contributed by atoms with Gasteiger partial charge >= 0.3 is 0 Å². The summed E-state index contributed by atoms with van der Waals surface area (Å²) < 4.78 is 5.27. The first kappa shape index (κ1) is 11.3. The van der Waals surface area contributed by atoms with Gasteiger partial charge in [0.05, 0.1) is 22.2 Å². The second kappa shape index (κ2) is 4.67. The van der Waals surface area contributed by atoms with Crippen LogP contribution < -0.4 is 4.74 Å². The lowest BCUT2D eigenvalue weighted by molar-refractivity contribution is 0.101. The van der Waals surface area contributed by atoms with E-state index < -0.39 is 0 Å². The summed E-state index contributed by atoms with van der Waals surface area (Å²) in [4.78, 5) is 11.3. The van der Waals surface area contributed by atoms with E-state index in [9.17, 15) is 4.79 Å². The topological polar surface area (TPSA) is 26.3 Å². The molecule has 1 aromatic carbocycles. The Morgan fingerprint density at radius 2 is 1.93 bits per heavy atom. The van der Waals surface area contributed by atoms with E-state index in [0.717, 1.165) is 0 Å². The van der Waals surface area contributed by atoms with Gasteiger partial charge in [-0.1, -0.05) is 23.2 Å². The van der Waals surface area contributed by atoms with Gasteiger partial charge in [0.15, 0.2) is 5.78 Å². The summed E-state index contributed by atoms with van der Waals surface area (Å²) in [6.45, 7) is 3.70. The molecule has 0 saturated heterocycles. The number of hydrogen-bond donors (Lipinski definition) is 0. The lowest BCUT2D eigenvalue weighted by Gasteiger charge is -2.10. The summed E-state index contributed by atoms with van der Waals surface area (Å²) in [5.74, 6) is 0.218. The van der Waals surface area contributed by atoms with Gasteiger partial charge in [-0.15, -0.1) is 0 Å². The number of carbonyl (C=O) groups excluding carboxylic acids is 1. The maximum absolute atomic E-state index is 11.3. The van der Waals surface area contributed by atoms with Crippen molar-refractivity contribution in [3.8, 4) is 5.75 Å².